The van der Waals surface area contributed by atoms with Gasteiger partial charge < -0.3 is 0 Å². The van der Waals surface area contributed by atoms with Crippen LogP contribution in [-0.4, -0.2) is 17.3 Å². The molecule has 0 aromatic rings. The van der Waals surface area contributed by atoms with E-state index >= 15 is 0 Å². The van der Waals surface area contributed by atoms with Gasteiger partial charge in [0.05, 0.1) is 0 Å². The summed E-state index contributed by atoms with van der Waals surface area (Å²) in [4.78, 5) is 10.6. The molecule has 10 heavy (non-hydrogen) atoms. The molecule has 0 unspecified atom stereocenters. The Morgan fingerprint density at radius 3 is 3.00 bits per heavy atom. The molecule has 1 saturated heterocycles. The fraction of sp³-hybridized carbons (Fsp3) is 0.625. The first kappa shape index (κ1) is 7.86. The predicted molar refractivity (Wildman–Crippen MR) is 45.3 cm³/mol. The Balaban J connectivity index is 2.45. The normalized spacial score (nSPS) is 23.1. The first-order valence-electron chi connectivity index (χ1n) is 3.57. The molecule has 0 bridgehead atoms. The van der Waals surface area contributed by atoms with Gasteiger partial charge in [-0.15, -0.1) is 0 Å². The molecule has 0 radical (unpaired) electrons. The van der Waals surface area contributed by atoms with E-state index < -0.39 is 0 Å². The minimum absolute atomic E-state index is 0.192. The molecule has 0 aromatic heterocycles. The van der Waals surface area contributed by atoms with Gasteiger partial charge in [0.2, 0.25) is 0 Å². The van der Waals surface area contributed by atoms with E-state index in [2.05, 4.69) is 0 Å². The molecular weight excluding hydrogens is 144 g/mol. The van der Waals surface area contributed by atoms with Crippen LogP contribution in [-0.2, 0) is 4.79 Å². The van der Waals surface area contributed by atoms with Crippen LogP contribution in [0.5, 0.6) is 0 Å². The summed E-state index contributed by atoms with van der Waals surface area (Å²) >= 11 is 1.92. The highest BCUT2D eigenvalue weighted by molar-refractivity contribution is 7.99. The van der Waals surface area contributed by atoms with Crippen molar-refractivity contribution in [2.45, 2.75) is 19.8 Å². The molecule has 0 saturated carbocycles. The molecule has 1 fully saturated rings. The Labute approximate surface area is 65.9 Å². The van der Waals surface area contributed by atoms with Crippen LogP contribution < -0.4 is 0 Å². The van der Waals surface area contributed by atoms with Crippen LogP contribution >= 0.6 is 11.8 Å². The summed E-state index contributed by atoms with van der Waals surface area (Å²) in [5, 5.41) is 0. The van der Waals surface area contributed by atoms with Crippen LogP contribution in [0.1, 0.15) is 19.8 Å². The number of allylic oxidation sites excluding steroid dienone is 1. The van der Waals surface area contributed by atoms with Crippen LogP contribution in [0.25, 0.3) is 0 Å². The molecule has 1 rings (SSSR count). The van der Waals surface area contributed by atoms with E-state index in [0.717, 1.165) is 12.2 Å². The molecule has 0 aromatic carbocycles. The molecule has 1 aliphatic heterocycles. The molecule has 1 nitrogen and oxygen atoms in total. The van der Waals surface area contributed by atoms with Crippen molar-refractivity contribution in [3.8, 4) is 0 Å². The lowest BCUT2D eigenvalue weighted by Gasteiger charge is -2.11. The quantitative estimate of drug-likeness (QED) is 0.540. The topological polar surface area (TPSA) is 17.1 Å². The van der Waals surface area contributed by atoms with Crippen molar-refractivity contribution in [1.82, 2.24) is 0 Å². The molecule has 2 heteroatoms. The molecule has 0 aliphatic carbocycles. The number of thioether (sulfide) groups is 1. The summed E-state index contributed by atoms with van der Waals surface area (Å²) in [7, 11) is 0. The summed E-state index contributed by atoms with van der Waals surface area (Å²) in [6, 6.07) is 0. The summed E-state index contributed by atoms with van der Waals surface area (Å²) < 4.78 is 0. The van der Waals surface area contributed by atoms with E-state index in [4.69, 9.17) is 0 Å². The predicted octanol–water partition coefficient (Wildman–Crippen LogP) is 2.03. The standard InChI is InChI=1S/C8H12OS/c1-7(9)5-8-3-2-4-10-6-8/h5H,2-4,6H2,1H3. The van der Waals surface area contributed by atoms with Crippen molar-refractivity contribution in [2.24, 2.45) is 0 Å². The van der Waals surface area contributed by atoms with Gasteiger partial charge in [0.1, 0.15) is 0 Å². The maximum absolute atomic E-state index is 10.6. The Kier molecular flexibility index (Phi) is 3.00. The summed E-state index contributed by atoms with van der Waals surface area (Å²) in [5.41, 5.74) is 1.32. The lowest BCUT2D eigenvalue weighted by Crippen LogP contribution is -2.00. The molecule has 0 N–H and O–H groups in total. The highest BCUT2D eigenvalue weighted by atomic mass is 32.2. The molecule has 0 spiro atoms. The number of rotatable bonds is 1. The second-order valence-corrected chi connectivity index (χ2v) is 3.67. The number of carbonyl (C=O) groups is 1. The van der Waals surface area contributed by atoms with Gasteiger partial charge in [0.25, 0.3) is 0 Å². The number of carbonyl (C=O) groups excluding carboxylic acids is 1. The van der Waals surface area contributed by atoms with Gasteiger partial charge in [-0.1, -0.05) is 5.57 Å². The van der Waals surface area contributed by atoms with E-state index in [0.29, 0.717) is 0 Å². The first-order valence-corrected chi connectivity index (χ1v) is 4.72. The zero-order chi connectivity index (χ0) is 7.40. The number of hydrogen-bond acceptors (Lipinski definition) is 2. The smallest absolute Gasteiger partial charge is 0.152 e. The maximum atomic E-state index is 10.6. The fourth-order valence-electron chi connectivity index (χ4n) is 1.08. The van der Waals surface area contributed by atoms with Crippen molar-refractivity contribution in [3.05, 3.63) is 11.6 Å². The number of hydrogen-bond donors (Lipinski definition) is 0. The third-order valence-corrected chi connectivity index (χ3v) is 2.63. The van der Waals surface area contributed by atoms with Crippen molar-refractivity contribution in [2.75, 3.05) is 11.5 Å². The van der Waals surface area contributed by atoms with E-state index in [-0.39, 0.29) is 5.78 Å². The molecule has 0 atom stereocenters. The summed E-state index contributed by atoms with van der Waals surface area (Å²) in [6.07, 6.45) is 4.16. The van der Waals surface area contributed by atoms with Gasteiger partial charge in [-0.3, -0.25) is 4.79 Å². The van der Waals surface area contributed by atoms with Crippen LogP contribution in [0.3, 0.4) is 0 Å². The summed E-state index contributed by atoms with van der Waals surface area (Å²) in [6.45, 7) is 1.62. The third-order valence-electron chi connectivity index (χ3n) is 1.48. The third kappa shape index (κ3) is 2.56. The average molecular weight is 156 g/mol. The summed E-state index contributed by atoms with van der Waals surface area (Å²) in [5.74, 6) is 2.52. The lowest BCUT2D eigenvalue weighted by atomic mass is 10.1. The number of ketones is 1. The van der Waals surface area contributed by atoms with E-state index in [1.165, 1.54) is 17.7 Å². The second-order valence-electron chi connectivity index (χ2n) is 2.57. The largest absolute Gasteiger partial charge is 0.295 e. The van der Waals surface area contributed by atoms with Crippen molar-refractivity contribution >= 4 is 17.5 Å². The molecule has 0 amide bonds. The fourth-order valence-corrected chi connectivity index (χ4v) is 2.06. The SMILES string of the molecule is CC(=O)C=C1CCCSC1. The van der Waals surface area contributed by atoms with Crippen LogP contribution in [0.15, 0.2) is 11.6 Å². The zero-order valence-corrected chi connectivity index (χ0v) is 7.04. The van der Waals surface area contributed by atoms with E-state index in [1.54, 1.807) is 13.0 Å². The maximum Gasteiger partial charge on any atom is 0.152 e. The lowest BCUT2D eigenvalue weighted by molar-refractivity contribution is -0.112. The molecule has 1 heterocycles. The van der Waals surface area contributed by atoms with Gasteiger partial charge >= 0.3 is 0 Å². The average Bonchev–Trinajstić information content (AvgIpc) is 1.88. The van der Waals surface area contributed by atoms with E-state index in [9.17, 15) is 4.79 Å². The molecular formula is C8H12OS. The van der Waals surface area contributed by atoms with Crippen molar-refractivity contribution < 1.29 is 4.79 Å². The molecule has 56 valence electrons. The van der Waals surface area contributed by atoms with Crippen molar-refractivity contribution in [3.63, 3.8) is 0 Å². The zero-order valence-electron chi connectivity index (χ0n) is 6.22. The van der Waals surface area contributed by atoms with Crippen LogP contribution in [0, 0.1) is 0 Å². The monoisotopic (exact) mass is 156 g/mol. The Morgan fingerprint density at radius 1 is 1.70 bits per heavy atom. The van der Waals surface area contributed by atoms with Gasteiger partial charge in [0.15, 0.2) is 5.78 Å². The van der Waals surface area contributed by atoms with Gasteiger partial charge in [-0.25, -0.2) is 0 Å². The minimum Gasteiger partial charge on any atom is -0.295 e. The van der Waals surface area contributed by atoms with Gasteiger partial charge in [-0.05, 0) is 31.6 Å². The highest BCUT2D eigenvalue weighted by Crippen LogP contribution is 2.21. The van der Waals surface area contributed by atoms with Gasteiger partial charge in [-0.2, -0.15) is 11.8 Å². The highest BCUT2D eigenvalue weighted by Gasteiger charge is 2.05. The molecule has 1 aliphatic rings. The Morgan fingerprint density at radius 2 is 2.50 bits per heavy atom. The van der Waals surface area contributed by atoms with Gasteiger partial charge in [0, 0.05) is 5.75 Å². The Hall–Kier alpha value is -0.240. The Bertz CT molecular complexity index is 153. The van der Waals surface area contributed by atoms with E-state index in [1.807, 2.05) is 11.8 Å². The van der Waals surface area contributed by atoms with Crippen molar-refractivity contribution in [1.29, 1.82) is 0 Å². The van der Waals surface area contributed by atoms with Crippen LogP contribution in [0.4, 0.5) is 0 Å². The minimum atomic E-state index is 0.192. The van der Waals surface area contributed by atoms with Crippen LogP contribution in [0.2, 0.25) is 0 Å². The first-order chi connectivity index (χ1) is 4.79. The second kappa shape index (κ2) is 3.81.